The van der Waals surface area contributed by atoms with Crippen molar-refractivity contribution in [1.29, 1.82) is 0 Å². The Kier molecular flexibility index (Phi) is 3.97. The summed E-state index contributed by atoms with van der Waals surface area (Å²) in [6.07, 6.45) is -2.43. The summed E-state index contributed by atoms with van der Waals surface area (Å²) >= 11 is 0. The van der Waals surface area contributed by atoms with Gasteiger partial charge in [0.15, 0.2) is 0 Å². The monoisotopic (exact) mass is 303 g/mol. The third-order valence-electron chi connectivity index (χ3n) is 3.81. The fourth-order valence-corrected chi connectivity index (χ4v) is 2.66. The molecule has 1 aliphatic rings. The number of nitrogens with two attached hydrogens (primary N) is 1. The van der Waals surface area contributed by atoms with E-state index in [1.807, 2.05) is 6.92 Å². The van der Waals surface area contributed by atoms with E-state index in [1.165, 1.54) is 6.07 Å². The largest absolute Gasteiger partial charge is 0.394 e. The van der Waals surface area contributed by atoms with Gasteiger partial charge in [0.2, 0.25) is 5.91 Å². The van der Waals surface area contributed by atoms with Gasteiger partial charge < -0.3 is 15.6 Å². The normalized spacial score (nSPS) is 22.6. The maximum Gasteiger partial charge on any atom is 0.394 e. The number of alkyl halides is 3. The summed E-state index contributed by atoms with van der Waals surface area (Å²) in [4.78, 5) is 27.5. The molecule has 2 rings (SSSR count). The van der Waals surface area contributed by atoms with Gasteiger partial charge in [-0.2, -0.15) is 13.2 Å². The van der Waals surface area contributed by atoms with Crippen LogP contribution in [-0.2, 0) is 11.2 Å². The maximum atomic E-state index is 12.9. The van der Waals surface area contributed by atoms with Crippen LogP contribution in [0.5, 0.6) is 0 Å². The highest BCUT2D eigenvalue weighted by atomic mass is 19.4. The van der Waals surface area contributed by atoms with Crippen molar-refractivity contribution in [2.45, 2.75) is 19.5 Å². The van der Waals surface area contributed by atoms with Crippen LogP contribution in [0.25, 0.3) is 0 Å². The van der Waals surface area contributed by atoms with Crippen molar-refractivity contribution in [3.63, 3.8) is 0 Å². The number of halogens is 3. The first-order valence-corrected chi connectivity index (χ1v) is 6.57. The average molecular weight is 303 g/mol. The number of H-pyrrole nitrogens is 1. The number of hydrogen-bond donors (Lipinski definition) is 2. The fourth-order valence-electron chi connectivity index (χ4n) is 2.66. The second-order valence-corrected chi connectivity index (χ2v) is 5.09. The van der Waals surface area contributed by atoms with Gasteiger partial charge in [-0.15, -0.1) is 0 Å². The highest BCUT2D eigenvalue weighted by molar-refractivity contribution is 5.96. The molecule has 0 unspecified atom stereocenters. The van der Waals surface area contributed by atoms with Crippen LogP contribution in [0, 0.1) is 11.8 Å². The van der Waals surface area contributed by atoms with E-state index in [1.54, 1.807) is 6.20 Å². The van der Waals surface area contributed by atoms with E-state index in [-0.39, 0.29) is 6.54 Å². The van der Waals surface area contributed by atoms with E-state index in [0.29, 0.717) is 17.7 Å². The van der Waals surface area contributed by atoms with E-state index < -0.39 is 36.4 Å². The zero-order valence-corrected chi connectivity index (χ0v) is 11.4. The van der Waals surface area contributed by atoms with Crippen molar-refractivity contribution in [1.82, 2.24) is 9.88 Å². The SMILES string of the molecule is CCc1[nH]ccc1C(=O)N1C[C@@H](C(F)(F)F)[C@H](C(N)=O)C1. The summed E-state index contributed by atoms with van der Waals surface area (Å²) < 4.78 is 38.8. The van der Waals surface area contributed by atoms with Crippen LogP contribution < -0.4 is 5.73 Å². The molecule has 2 heterocycles. The minimum atomic E-state index is -4.56. The van der Waals surface area contributed by atoms with Gasteiger partial charge in [0, 0.05) is 25.0 Å². The zero-order chi connectivity index (χ0) is 15.8. The molecule has 8 heteroatoms. The molecule has 21 heavy (non-hydrogen) atoms. The first-order chi connectivity index (χ1) is 9.75. The van der Waals surface area contributed by atoms with Gasteiger partial charge in [0.25, 0.3) is 5.91 Å². The van der Waals surface area contributed by atoms with Crippen molar-refractivity contribution in [3.8, 4) is 0 Å². The molecule has 1 fully saturated rings. The van der Waals surface area contributed by atoms with E-state index >= 15 is 0 Å². The standard InChI is InChI=1S/C13H16F3N3O2/c1-2-10-7(3-4-18-10)12(21)19-5-8(11(17)20)9(6-19)13(14,15)16/h3-4,8-9,18H,2,5-6H2,1H3,(H2,17,20)/t8-,9-/m1/s1. The van der Waals surface area contributed by atoms with E-state index in [9.17, 15) is 22.8 Å². The molecule has 0 saturated carbocycles. The number of likely N-dealkylation sites (tertiary alicyclic amines) is 1. The van der Waals surface area contributed by atoms with Gasteiger partial charge in [-0.3, -0.25) is 9.59 Å². The minimum absolute atomic E-state index is 0.299. The van der Waals surface area contributed by atoms with Crippen molar-refractivity contribution < 1.29 is 22.8 Å². The molecule has 1 saturated heterocycles. The van der Waals surface area contributed by atoms with E-state index in [4.69, 9.17) is 5.73 Å². The van der Waals surface area contributed by atoms with Crippen LogP contribution in [-0.4, -0.2) is 41.0 Å². The molecule has 5 nitrogen and oxygen atoms in total. The van der Waals surface area contributed by atoms with Crippen molar-refractivity contribution in [2.75, 3.05) is 13.1 Å². The highest BCUT2D eigenvalue weighted by Crippen LogP contribution is 2.38. The fraction of sp³-hybridized carbons (Fsp3) is 0.538. The molecule has 1 aliphatic heterocycles. The Bertz CT molecular complexity index is 553. The Morgan fingerprint density at radius 3 is 2.57 bits per heavy atom. The zero-order valence-electron chi connectivity index (χ0n) is 11.4. The third kappa shape index (κ3) is 2.88. The van der Waals surface area contributed by atoms with Crippen LogP contribution in [0.1, 0.15) is 23.0 Å². The molecule has 2 atom stereocenters. The Balaban J connectivity index is 2.23. The molecule has 1 aromatic rings. The molecule has 0 radical (unpaired) electrons. The number of primary amides is 1. The van der Waals surface area contributed by atoms with Crippen molar-refractivity contribution >= 4 is 11.8 Å². The molecule has 116 valence electrons. The first kappa shape index (κ1) is 15.4. The topological polar surface area (TPSA) is 79.2 Å². The number of amides is 2. The number of nitrogens with zero attached hydrogens (tertiary/aromatic N) is 1. The van der Waals surface area contributed by atoms with Crippen molar-refractivity contribution in [2.24, 2.45) is 17.6 Å². The Morgan fingerprint density at radius 1 is 1.43 bits per heavy atom. The van der Waals surface area contributed by atoms with Gasteiger partial charge in [-0.05, 0) is 12.5 Å². The summed E-state index contributed by atoms with van der Waals surface area (Å²) in [5, 5.41) is 0. The lowest BCUT2D eigenvalue weighted by atomic mass is 9.95. The quantitative estimate of drug-likeness (QED) is 0.883. The Morgan fingerprint density at radius 2 is 2.10 bits per heavy atom. The Labute approximate surface area is 119 Å². The molecule has 1 aromatic heterocycles. The minimum Gasteiger partial charge on any atom is -0.369 e. The molecule has 0 aromatic carbocycles. The molecular formula is C13H16F3N3O2. The number of aromatic amines is 1. The lowest BCUT2D eigenvalue weighted by Crippen LogP contribution is -2.37. The van der Waals surface area contributed by atoms with Crippen molar-refractivity contribution in [3.05, 3.63) is 23.5 Å². The number of aromatic nitrogens is 1. The second kappa shape index (κ2) is 5.42. The Hall–Kier alpha value is -1.99. The van der Waals surface area contributed by atoms with Gasteiger partial charge in [-0.25, -0.2) is 0 Å². The lowest BCUT2D eigenvalue weighted by Gasteiger charge is -2.18. The highest BCUT2D eigenvalue weighted by Gasteiger charge is 2.52. The maximum absolute atomic E-state index is 12.9. The number of aryl methyl sites for hydroxylation is 1. The van der Waals surface area contributed by atoms with Crippen LogP contribution >= 0.6 is 0 Å². The molecular weight excluding hydrogens is 287 g/mol. The van der Waals surface area contributed by atoms with Gasteiger partial charge in [0.05, 0.1) is 17.4 Å². The molecule has 3 N–H and O–H groups in total. The third-order valence-corrected chi connectivity index (χ3v) is 3.81. The lowest BCUT2D eigenvalue weighted by molar-refractivity contribution is -0.182. The van der Waals surface area contributed by atoms with Gasteiger partial charge >= 0.3 is 6.18 Å². The summed E-state index contributed by atoms with van der Waals surface area (Å²) in [5.41, 5.74) is 6.03. The smallest absolute Gasteiger partial charge is 0.369 e. The molecule has 2 amide bonds. The molecule has 0 bridgehead atoms. The second-order valence-electron chi connectivity index (χ2n) is 5.09. The first-order valence-electron chi connectivity index (χ1n) is 6.57. The van der Waals surface area contributed by atoms with Gasteiger partial charge in [-0.1, -0.05) is 6.92 Å². The summed E-state index contributed by atoms with van der Waals surface area (Å²) in [6, 6.07) is 1.53. The number of nitrogens with one attached hydrogen (secondary N) is 1. The molecule has 0 spiro atoms. The van der Waals surface area contributed by atoms with Crippen LogP contribution in [0.15, 0.2) is 12.3 Å². The average Bonchev–Trinajstić information content (AvgIpc) is 3.03. The summed E-state index contributed by atoms with van der Waals surface area (Å²) in [6.45, 7) is 0.994. The predicted octanol–water partition coefficient (Wildman–Crippen LogP) is 1.31. The van der Waals surface area contributed by atoms with Crippen LogP contribution in [0.3, 0.4) is 0 Å². The van der Waals surface area contributed by atoms with Crippen LogP contribution in [0.4, 0.5) is 13.2 Å². The van der Waals surface area contributed by atoms with Crippen LogP contribution in [0.2, 0.25) is 0 Å². The predicted molar refractivity (Wildman–Crippen MR) is 68.3 cm³/mol. The number of carbonyl (C=O) groups is 2. The summed E-state index contributed by atoms with van der Waals surface area (Å²) in [5.74, 6) is -4.83. The van der Waals surface area contributed by atoms with Gasteiger partial charge in [0.1, 0.15) is 0 Å². The van der Waals surface area contributed by atoms with E-state index in [2.05, 4.69) is 4.98 Å². The number of carbonyl (C=O) groups excluding carboxylic acids is 2. The molecule has 0 aliphatic carbocycles. The number of hydrogen-bond acceptors (Lipinski definition) is 2. The van der Waals surface area contributed by atoms with E-state index in [0.717, 1.165) is 4.90 Å². The number of rotatable bonds is 3. The summed E-state index contributed by atoms with van der Waals surface area (Å²) in [7, 11) is 0.